The zero-order valence-electron chi connectivity index (χ0n) is 11.3. The van der Waals surface area contributed by atoms with E-state index >= 15 is 0 Å². The lowest BCUT2D eigenvalue weighted by Gasteiger charge is -2.19. The van der Waals surface area contributed by atoms with Gasteiger partial charge in [0, 0.05) is 10.9 Å². The van der Waals surface area contributed by atoms with Crippen LogP contribution in [0, 0.1) is 0 Å². The highest BCUT2D eigenvalue weighted by molar-refractivity contribution is 9.10. The van der Waals surface area contributed by atoms with Gasteiger partial charge in [-0.05, 0) is 48.8 Å². The summed E-state index contributed by atoms with van der Waals surface area (Å²) in [5.74, 6) is -0.576. The van der Waals surface area contributed by atoms with Gasteiger partial charge in [-0.25, -0.2) is 0 Å². The molecule has 0 unspecified atom stereocenters. The molecule has 104 valence electrons. The molecule has 1 aromatic carbocycles. The number of hydrogen-bond donors (Lipinski definition) is 1. The second kappa shape index (κ2) is 6.70. The molecule has 0 heterocycles. The first-order chi connectivity index (χ1) is 8.78. The van der Waals surface area contributed by atoms with Gasteiger partial charge in [0.2, 0.25) is 5.91 Å². The van der Waals surface area contributed by atoms with E-state index in [0.29, 0.717) is 5.69 Å². The van der Waals surface area contributed by atoms with Crippen molar-refractivity contribution in [3.8, 4) is 0 Å². The summed E-state index contributed by atoms with van der Waals surface area (Å²) in [5.41, 5.74) is 0.174. The third-order valence-corrected chi connectivity index (χ3v) is 2.82. The molecule has 1 rings (SSSR count). The summed E-state index contributed by atoms with van der Waals surface area (Å²) in [5, 5.41) is 2.73. The zero-order valence-corrected chi connectivity index (χ0v) is 12.9. The predicted molar refractivity (Wildman–Crippen MR) is 77.9 cm³/mol. The van der Waals surface area contributed by atoms with Gasteiger partial charge in [0.25, 0.3) is 0 Å². The van der Waals surface area contributed by atoms with E-state index in [1.54, 1.807) is 26.8 Å². The Bertz CT molecular complexity index is 466. The average molecular weight is 328 g/mol. The Morgan fingerprint density at radius 3 is 2.42 bits per heavy atom. The number of carbonyl (C=O) groups excluding carboxylic acids is 2. The Morgan fingerprint density at radius 1 is 1.21 bits per heavy atom. The molecule has 0 fully saturated rings. The highest BCUT2D eigenvalue weighted by atomic mass is 79.9. The van der Waals surface area contributed by atoms with Crippen molar-refractivity contribution >= 4 is 33.5 Å². The van der Waals surface area contributed by atoms with Crippen molar-refractivity contribution in [2.45, 2.75) is 39.2 Å². The number of esters is 1. The molecule has 0 aliphatic carbocycles. The molecule has 0 bridgehead atoms. The van der Waals surface area contributed by atoms with Crippen molar-refractivity contribution in [2.75, 3.05) is 5.32 Å². The van der Waals surface area contributed by atoms with Gasteiger partial charge in [-0.1, -0.05) is 12.1 Å². The maximum atomic E-state index is 11.7. The van der Waals surface area contributed by atoms with Gasteiger partial charge < -0.3 is 10.1 Å². The van der Waals surface area contributed by atoms with Crippen LogP contribution in [0.1, 0.15) is 33.6 Å². The SMILES string of the molecule is CC(C)(C)OC(=O)CCC(=O)Nc1ccccc1Br. The summed E-state index contributed by atoms with van der Waals surface area (Å²) in [6.07, 6.45) is 0.184. The third kappa shape index (κ3) is 6.38. The number of nitrogens with one attached hydrogen (secondary N) is 1. The van der Waals surface area contributed by atoms with E-state index in [1.807, 2.05) is 18.2 Å². The molecule has 0 atom stereocenters. The fraction of sp³-hybridized carbons (Fsp3) is 0.429. The summed E-state index contributed by atoms with van der Waals surface area (Å²) >= 11 is 3.34. The Hall–Kier alpha value is -1.36. The second-order valence-corrected chi connectivity index (χ2v) is 5.97. The number of hydrogen-bond acceptors (Lipinski definition) is 3. The number of anilines is 1. The molecule has 4 nitrogen and oxygen atoms in total. The van der Waals surface area contributed by atoms with Crippen LogP contribution in [0.4, 0.5) is 5.69 Å². The van der Waals surface area contributed by atoms with E-state index < -0.39 is 5.60 Å². The molecule has 19 heavy (non-hydrogen) atoms. The maximum absolute atomic E-state index is 11.7. The molecule has 1 amide bonds. The van der Waals surface area contributed by atoms with Crippen LogP contribution in [0.15, 0.2) is 28.7 Å². The quantitative estimate of drug-likeness (QED) is 0.861. The van der Waals surface area contributed by atoms with Gasteiger partial charge in [0.05, 0.1) is 12.1 Å². The largest absolute Gasteiger partial charge is 0.460 e. The molecule has 0 saturated carbocycles. The van der Waals surface area contributed by atoms with E-state index in [2.05, 4.69) is 21.2 Å². The number of amides is 1. The zero-order chi connectivity index (χ0) is 14.5. The average Bonchev–Trinajstić information content (AvgIpc) is 2.27. The first kappa shape index (κ1) is 15.7. The fourth-order valence-electron chi connectivity index (χ4n) is 1.38. The first-order valence-electron chi connectivity index (χ1n) is 6.04. The molecule has 5 heteroatoms. The number of ether oxygens (including phenoxy) is 1. The maximum Gasteiger partial charge on any atom is 0.306 e. The van der Waals surface area contributed by atoms with Crippen LogP contribution in [0.25, 0.3) is 0 Å². The van der Waals surface area contributed by atoms with Crippen LogP contribution in [0.3, 0.4) is 0 Å². The van der Waals surface area contributed by atoms with Crippen LogP contribution >= 0.6 is 15.9 Å². The van der Waals surface area contributed by atoms with Gasteiger partial charge in [0.1, 0.15) is 5.60 Å². The van der Waals surface area contributed by atoms with E-state index in [1.165, 1.54) is 0 Å². The monoisotopic (exact) mass is 327 g/mol. The summed E-state index contributed by atoms with van der Waals surface area (Å²) in [7, 11) is 0. The summed E-state index contributed by atoms with van der Waals surface area (Å²) in [6, 6.07) is 7.31. The molecule has 0 aromatic heterocycles. The summed E-state index contributed by atoms with van der Waals surface area (Å²) < 4.78 is 5.94. The fourth-order valence-corrected chi connectivity index (χ4v) is 1.77. The minimum atomic E-state index is -0.518. The van der Waals surface area contributed by atoms with Crippen molar-refractivity contribution in [3.63, 3.8) is 0 Å². The minimum absolute atomic E-state index is 0.0769. The number of benzene rings is 1. The van der Waals surface area contributed by atoms with E-state index in [0.717, 1.165) is 4.47 Å². The number of carbonyl (C=O) groups is 2. The Labute approximate surface area is 121 Å². The van der Waals surface area contributed by atoms with Crippen molar-refractivity contribution in [3.05, 3.63) is 28.7 Å². The lowest BCUT2D eigenvalue weighted by atomic mass is 10.2. The molecule has 1 aromatic rings. The Balaban J connectivity index is 2.41. The third-order valence-electron chi connectivity index (χ3n) is 2.12. The molecule has 0 aliphatic rings. The predicted octanol–water partition coefficient (Wildman–Crippen LogP) is 3.51. The molecule has 0 saturated heterocycles. The van der Waals surface area contributed by atoms with Gasteiger partial charge >= 0.3 is 5.97 Å². The summed E-state index contributed by atoms with van der Waals surface area (Å²) in [6.45, 7) is 5.39. The van der Waals surface area contributed by atoms with Crippen LogP contribution in [0.2, 0.25) is 0 Å². The van der Waals surface area contributed by atoms with Crippen LogP contribution in [0.5, 0.6) is 0 Å². The van der Waals surface area contributed by atoms with Crippen molar-refractivity contribution in [1.29, 1.82) is 0 Å². The standard InChI is InChI=1S/C14H18BrNO3/c1-14(2,3)19-13(18)9-8-12(17)16-11-7-5-4-6-10(11)15/h4-7H,8-9H2,1-3H3,(H,16,17). The first-order valence-corrected chi connectivity index (χ1v) is 6.83. The normalized spacial score (nSPS) is 10.9. The molecule has 0 spiro atoms. The highest BCUT2D eigenvalue weighted by Crippen LogP contribution is 2.21. The summed E-state index contributed by atoms with van der Waals surface area (Å²) in [4.78, 5) is 23.2. The van der Waals surface area contributed by atoms with Crippen molar-refractivity contribution in [1.82, 2.24) is 0 Å². The minimum Gasteiger partial charge on any atom is -0.460 e. The number of halogens is 1. The molecule has 0 radical (unpaired) electrons. The number of rotatable bonds is 4. The van der Waals surface area contributed by atoms with Crippen molar-refractivity contribution in [2.24, 2.45) is 0 Å². The Morgan fingerprint density at radius 2 is 1.84 bits per heavy atom. The van der Waals surface area contributed by atoms with Crippen LogP contribution < -0.4 is 5.32 Å². The van der Waals surface area contributed by atoms with Gasteiger partial charge in [-0.2, -0.15) is 0 Å². The topological polar surface area (TPSA) is 55.4 Å². The van der Waals surface area contributed by atoms with E-state index in [4.69, 9.17) is 4.74 Å². The number of para-hydroxylation sites is 1. The lowest BCUT2D eigenvalue weighted by molar-refractivity contribution is -0.155. The van der Waals surface area contributed by atoms with E-state index in [9.17, 15) is 9.59 Å². The molecule has 1 N–H and O–H groups in total. The molecular weight excluding hydrogens is 310 g/mol. The molecule has 0 aliphatic heterocycles. The van der Waals surface area contributed by atoms with Crippen LogP contribution in [-0.2, 0) is 14.3 Å². The lowest BCUT2D eigenvalue weighted by Crippen LogP contribution is -2.24. The van der Waals surface area contributed by atoms with Crippen molar-refractivity contribution < 1.29 is 14.3 Å². The highest BCUT2D eigenvalue weighted by Gasteiger charge is 2.17. The van der Waals surface area contributed by atoms with Gasteiger partial charge in [-0.3, -0.25) is 9.59 Å². The second-order valence-electron chi connectivity index (χ2n) is 5.11. The van der Waals surface area contributed by atoms with Gasteiger partial charge in [-0.15, -0.1) is 0 Å². The van der Waals surface area contributed by atoms with Crippen LogP contribution in [-0.4, -0.2) is 17.5 Å². The molecular formula is C14H18BrNO3. The van der Waals surface area contributed by atoms with E-state index in [-0.39, 0.29) is 24.7 Å². The van der Waals surface area contributed by atoms with Gasteiger partial charge in [0.15, 0.2) is 0 Å². The smallest absolute Gasteiger partial charge is 0.306 e. The Kier molecular flexibility index (Phi) is 5.54.